The number of ether oxygens (including phenoxy) is 1. The number of hydrogen-bond acceptors (Lipinski definition) is 7. The third kappa shape index (κ3) is 7.80. The van der Waals surface area contributed by atoms with Gasteiger partial charge in [0.05, 0.1) is 5.55 Å². The molecule has 0 radical (unpaired) electrons. The van der Waals surface area contributed by atoms with Gasteiger partial charge in [0.1, 0.15) is 12.6 Å². The van der Waals surface area contributed by atoms with Crippen LogP contribution >= 0.6 is 23.7 Å². The summed E-state index contributed by atoms with van der Waals surface area (Å²) in [6.45, 7) is 0.128. The summed E-state index contributed by atoms with van der Waals surface area (Å²) in [6.07, 6.45) is -0.307. The van der Waals surface area contributed by atoms with Gasteiger partial charge in [-0.1, -0.05) is 103 Å². The Morgan fingerprint density at radius 1 is 0.914 bits per heavy atom. The minimum absolute atomic E-state index is 0.128. The molecule has 1 heterocycles. The molecule has 0 aliphatic carbocycles. The van der Waals surface area contributed by atoms with Gasteiger partial charge in [-0.25, -0.2) is 9.21 Å². The summed E-state index contributed by atoms with van der Waals surface area (Å²) in [5.74, 6) is 0.418. The zero-order valence-corrected chi connectivity index (χ0v) is 20.6. The molecule has 0 saturated heterocycles. The first kappa shape index (κ1) is 24.7. The summed E-state index contributed by atoms with van der Waals surface area (Å²) < 4.78 is 7.12. The van der Waals surface area contributed by atoms with Gasteiger partial charge < -0.3 is 15.4 Å². The molecule has 4 rings (SSSR count). The van der Waals surface area contributed by atoms with E-state index in [4.69, 9.17) is 4.74 Å². The van der Waals surface area contributed by atoms with Crippen molar-refractivity contribution in [2.75, 3.05) is 0 Å². The van der Waals surface area contributed by atoms with Crippen molar-refractivity contribution in [3.63, 3.8) is 0 Å². The van der Waals surface area contributed by atoms with Gasteiger partial charge in [0.25, 0.3) is 0 Å². The Morgan fingerprint density at radius 3 is 2.17 bits per heavy atom. The van der Waals surface area contributed by atoms with Crippen LogP contribution < -0.4 is 10.6 Å². The molecule has 9 heteroatoms. The molecule has 180 valence electrons. The molecule has 0 spiro atoms. The van der Waals surface area contributed by atoms with Crippen molar-refractivity contribution in [3.8, 4) is 0 Å². The number of carbonyl (C=O) groups excluding carboxylic acids is 2. The van der Waals surface area contributed by atoms with Gasteiger partial charge >= 0.3 is 6.09 Å². The highest BCUT2D eigenvalue weighted by molar-refractivity contribution is 8.13. The lowest BCUT2D eigenvalue weighted by molar-refractivity contribution is -0.123. The molecule has 3 aromatic carbocycles. The quantitative estimate of drug-likeness (QED) is 0.386. The van der Waals surface area contributed by atoms with E-state index < -0.39 is 12.1 Å². The molecule has 2 N–H and O–H groups in total. The van der Waals surface area contributed by atoms with Crippen LogP contribution in [-0.2, 0) is 28.3 Å². The Bertz CT molecular complexity index is 1120. The first-order valence-corrected chi connectivity index (χ1v) is 13.0. The molecule has 2 unspecified atom stereocenters. The smallest absolute Gasteiger partial charge is 0.408 e. The van der Waals surface area contributed by atoms with Gasteiger partial charge in [-0.15, -0.1) is 0 Å². The molecule has 0 saturated carbocycles. The molecule has 1 aliphatic heterocycles. The van der Waals surface area contributed by atoms with E-state index in [0.717, 1.165) is 16.9 Å². The maximum Gasteiger partial charge on any atom is 0.408 e. The normalized spacial score (nSPS) is 15.4. The van der Waals surface area contributed by atoms with Crippen molar-refractivity contribution in [1.82, 2.24) is 15.0 Å². The third-order valence-corrected chi connectivity index (χ3v) is 7.08. The van der Waals surface area contributed by atoms with Crippen molar-refractivity contribution in [1.29, 1.82) is 0 Å². The highest BCUT2D eigenvalue weighted by atomic mass is 32.2. The fraction of sp³-hybridized carbons (Fsp3) is 0.192. The molecular formula is C26H26N4O3S2. The van der Waals surface area contributed by atoms with E-state index >= 15 is 0 Å². The highest BCUT2D eigenvalue weighted by Gasteiger charge is 2.29. The van der Waals surface area contributed by atoms with Crippen LogP contribution in [0.25, 0.3) is 0 Å². The molecule has 2 atom stereocenters. The molecule has 2 amide bonds. The van der Waals surface area contributed by atoms with Crippen LogP contribution in [0.3, 0.4) is 0 Å². The second-order valence-corrected chi connectivity index (χ2v) is 9.58. The van der Waals surface area contributed by atoms with Crippen LogP contribution in [0.2, 0.25) is 0 Å². The topological polar surface area (TPSA) is 83.0 Å². The maximum atomic E-state index is 13.2. The van der Waals surface area contributed by atoms with E-state index in [-0.39, 0.29) is 18.0 Å². The van der Waals surface area contributed by atoms with E-state index in [9.17, 15) is 9.59 Å². The predicted octanol–water partition coefficient (Wildman–Crippen LogP) is 4.76. The van der Waals surface area contributed by atoms with Crippen molar-refractivity contribution in [3.05, 3.63) is 108 Å². The van der Waals surface area contributed by atoms with Crippen LogP contribution in [-0.4, -0.2) is 33.5 Å². The fourth-order valence-corrected chi connectivity index (χ4v) is 5.12. The Labute approximate surface area is 213 Å². The molecule has 0 bridgehead atoms. The monoisotopic (exact) mass is 506 g/mol. The molecule has 3 aromatic rings. The van der Waals surface area contributed by atoms with Gasteiger partial charge in [-0.3, -0.25) is 4.79 Å². The summed E-state index contributed by atoms with van der Waals surface area (Å²) in [6, 6.07) is 28.2. The van der Waals surface area contributed by atoms with E-state index in [1.165, 1.54) is 29.3 Å². The Kier molecular flexibility index (Phi) is 9.08. The van der Waals surface area contributed by atoms with Crippen LogP contribution in [0, 0.1) is 0 Å². The van der Waals surface area contributed by atoms with E-state index in [2.05, 4.69) is 15.7 Å². The molecule has 7 nitrogen and oxygen atoms in total. The van der Waals surface area contributed by atoms with Gasteiger partial charge in [0, 0.05) is 12.2 Å². The van der Waals surface area contributed by atoms with Gasteiger partial charge in [-0.2, -0.15) is 5.10 Å². The summed E-state index contributed by atoms with van der Waals surface area (Å²) in [5, 5.41) is 10.1. The fourth-order valence-electron chi connectivity index (χ4n) is 3.34. The first-order valence-electron chi connectivity index (χ1n) is 11.1. The third-order valence-electron chi connectivity index (χ3n) is 5.13. The Morgan fingerprint density at radius 2 is 1.51 bits per heavy atom. The number of alkyl carbamates (subject to hydrolysis) is 1. The number of amides is 2. The second-order valence-electron chi connectivity index (χ2n) is 7.73. The second kappa shape index (κ2) is 12.9. The molecule has 0 aromatic heterocycles. The number of rotatable bonds is 10. The van der Waals surface area contributed by atoms with E-state index in [1.807, 2.05) is 91.0 Å². The summed E-state index contributed by atoms with van der Waals surface area (Å²) >= 11 is 2.91. The van der Waals surface area contributed by atoms with Crippen LogP contribution in [0.1, 0.15) is 16.7 Å². The highest BCUT2D eigenvalue weighted by Crippen LogP contribution is 2.28. The standard InChI is InChI=1S/C26H26N4O3S2/c31-24(29-25-30(27-19-34-25)35-18-22-14-8-3-9-15-22)23(16-20-10-4-1-5-11-20)28-26(32)33-17-21-12-6-2-7-13-21/h1-15,19,23,25H,16-18H2,(H,28,32)(H,29,31). The molecular weight excluding hydrogens is 480 g/mol. The van der Waals surface area contributed by atoms with Crippen LogP contribution in [0.5, 0.6) is 0 Å². The average Bonchev–Trinajstić information content (AvgIpc) is 3.34. The first-order chi connectivity index (χ1) is 17.2. The summed E-state index contributed by atoms with van der Waals surface area (Å²) in [4.78, 5) is 25.8. The van der Waals surface area contributed by atoms with E-state index in [0.29, 0.717) is 6.42 Å². The number of hydrogen-bond donors (Lipinski definition) is 2. The van der Waals surface area contributed by atoms with Crippen molar-refractivity contribution in [2.24, 2.45) is 5.10 Å². The maximum absolute atomic E-state index is 13.2. The number of thioether (sulfide) groups is 1. The van der Waals surface area contributed by atoms with Gasteiger partial charge in [0.15, 0.2) is 5.50 Å². The lowest BCUT2D eigenvalue weighted by Crippen LogP contribution is -2.51. The minimum Gasteiger partial charge on any atom is -0.445 e. The zero-order chi connectivity index (χ0) is 24.3. The van der Waals surface area contributed by atoms with Crippen LogP contribution in [0.4, 0.5) is 4.79 Å². The van der Waals surface area contributed by atoms with Crippen molar-refractivity contribution < 1.29 is 14.3 Å². The molecule has 0 fully saturated rings. The van der Waals surface area contributed by atoms with Crippen molar-refractivity contribution in [2.45, 2.75) is 30.3 Å². The Hall–Kier alpha value is -3.43. The minimum atomic E-state index is -0.803. The number of nitrogens with one attached hydrogen (secondary N) is 2. The number of carbonyl (C=O) groups is 2. The molecule has 1 aliphatic rings. The van der Waals surface area contributed by atoms with Gasteiger partial charge in [-0.05, 0) is 28.6 Å². The van der Waals surface area contributed by atoms with Crippen molar-refractivity contribution >= 4 is 41.3 Å². The number of hydrazone groups is 1. The lowest BCUT2D eigenvalue weighted by Gasteiger charge is -2.25. The summed E-state index contributed by atoms with van der Waals surface area (Å²) in [5.41, 5.74) is 4.30. The lowest BCUT2D eigenvalue weighted by atomic mass is 10.1. The summed E-state index contributed by atoms with van der Waals surface area (Å²) in [7, 11) is 0. The number of nitrogens with zero attached hydrogens (tertiary/aromatic N) is 2. The molecule has 35 heavy (non-hydrogen) atoms. The average molecular weight is 507 g/mol. The number of benzene rings is 3. The van der Waals surface area contributed by atoms with E-state index in [1.54, 1.807) is 9.96 Å². The SMILES string of the molecule is O=C(NC(Cc1ccccc1)C(=O)NC1SC=NN1SCc1ccccc1)OCc1ccccc1. The predicted molar refractivity (Wildman–Crippen MR) is 141 cm³/mol. The largest absolute Gasteiger partial charge is 0.445 e. The Balaban J connectivity index is 1.36. The van der Waals surface area contributed by atoms with Gasteiger partial charge in [0.2, 0.25) is 5.91 Å². The zero-order valence-electron chi connectivity index (χ0n) is 18.9. The van der Waals surface area contributed by atoms with Crippen LogP contribution in [0.15, 0.2) is 96.1 Å².